The van der Waals surface area contributed by atoms with Gasteiger partial charge in [-0.25, -0.2) is 0 Å². The Morgan fingerprint density at radius 2 is 2.00 bits per heavy atom. The van der Waals surface area contributed by atoms with Crippen LogP contribution in [0.3, 0.4) is 0 Å². The minimum atomic E-state index is -0.0886. The minimum absolute atomic E-state index is 0.0886. The number of amides is 1. The molecular formula is C18H20Cl2N2OS. The maximum absolute atomic E-state index is 12.2. The summed E-state index contributed by atoms with van der Waals surface area (Å²) in [7, 11) is 0. The fourth-order valence-corrected chi connectivity index (χ4v) is 3.92. The van der Waals surface area contributed by atoms with Crippen LogP contribution in [-0.2, 0) is 6.54 Å². The van der Waals surface area contributed by atoms with Gasteiger partial charge in [-0.15, -0.1) is 0 Å². The lowest BCUT2D eigenvalue weighted by Gasteiger charge is -2.31. The molecule has 3 rings (SSSR count). The molecule has 0 aliphatic carbocycles. The molecule has 0 unspecified atom stereocenters. The monoisotopic (exact) mass is 382 g/mol. The van der Waals surface area contributed by atoms with Crippen molar-refractivity contribution in [2.24, 2.45) is 5.92 Å². The number of piperidine rings is 1. The van der Waals surface area contributed by atoms with Crippen molar-refractivity contribution in [2.45, 2.75) is 19.4 Å². The van der Waals surface area contributed by atoms with Crippen LogP contribution in [0.1, 0.15) is 28.8 Å². The van der Waals surface area contributed by atoms with Crippen molar-refractivity contribution in [3.63, 3.8) is 0 Å². The third kappa shape index (κ3) is 4.73. The molecule has 2 aromatic rings. The van der Waals surface area contributed by atoms with E-state index in [1.54, 1.807) is 29.5 Å². The molecule has 0 bridgehead atoms. The lowest BCUT2D eigenvalue weighted by Crippen LogP contribution is -2.38. The molecule has 0 spiro atoms. The van der Waals surface area contributed by atoms with E-state index in [1.807, 2.05) is 0 Å². The van der Waals surface area contributed by atoms with Crippen molar-refractivity contribution in [2.75, 3.05) is 19.6 Å². The lowest BCUT2D eigenvalue weighted by molar-refractivity contribution is 0.0935. The van der Waals surface area contributed by atoms with E-state index in [-0.39, 0.29) is 5.91 Å². The number of carbonyl (C=O) groups is 1. The van der Waals surface area contributed by atoms with Crippen LogP contribution in [0.2, 0.25) is 10.0 Å². The van der Waals surface area contributed by atoms with Crippen molar-refractivity contribution >= 4 is 40.4 Å². The van der Waals surface area contributed by atoms with E-state index in [4.69, 9.17) is 23.2 Å². The minimum Gasteiger partial charge on any atom is -0.352 e. The Kier molecular flexibility index (Phi) is 6.17. The van der Waals surface area contributed by atoms with Crippen LogP contribution in [-0.4, -0.2) is 30.4 Å². The highest BCUT2D eigenvalue weighted by Gasteiger charge is 2.20. The predicted molar refractivity (Wildman–Crippen MR) is 101 cm³/mol. The highest BCUT2D eigenvalue weighted by atomic mass is 35.5. The van der Waals surface area contributed by atoms with Gasteiger partial charge in [0.25, 0.3) is 5.91 Å². The van der Waals surface area contributed by atoms with E-state index < -0.39 is 0 Å². The molecule has 1 aromatic heterocycles. The highest BCUT2D eigenvalue weighted by molar-refractivity contribution is 7.07. The van der Waals surface area contributed by atoms with Gasteiger partial charge >= 0.3 is 0 Å². The van der Waals surface area contributed by atoms with Crippen LogP contribution in [0, 0.1) is 5.92 Å². The third-order valence-corrected chi connectivity index (χ3v) is 5.90. The maximum atomic E-state index is 12.2. The predicted octanol–water partition coefficient (Wildman–Crippen LogP) is 4.70. The number of carbonyl (C=O) groups excluding carboxylic acids is 1. The van der Waals surface area contributed by atoms with Gasteiger partial charge in [0.1, 0.15) is 0 Å². The summed E-state index contributed by atoms with van der Waals surface area (Å²) in [6.07, 6.45) is 2.23. The molecule has 1 aromatic carbocycles. The largest absolute Gasteiger partial charge is 0.352 e. The average Bonchev–Trinajstić information content (AvgIpc) is 3.09. The number of halogens is 2. The SMILES string of the molecule is O=C(NCC1CCN(Cc2ccsc2)CC1)c1ccc(Cl)c(Cl)c1. The molecule has 1 aliphatic heterocycles. The van der Waals surface area contributed by atoms with Crippen molar-refractivity contribution in [1.29, 1.82) is 0 Å². The normalized spacial score (nSPS) is 16.2. The second-order valence-corrected chi connectivity index (χ2v) is 7.78. The van der Waals surface area contributed by atoms with Gasteiger partial charge in [0, 0.05) is 18.7 Å². The van der Waals surface area contributed by atoms with Gasteiger partial charge in [-0.1, -0.05) is 23.2 Å². The first kappa shape index (κ1) is 17.7. The highest BCUT2D eigenvalue weighted by Crippen LogP contribution is 2.23. The van der Waals surface area contributed by atoms with Crippen LogP contribution < -0.4 is 5.32 Å². The molecule has 1 saturated heterocycles. The van der Waals surface area contributed by atoms with Gasteiger partial charge in [0.2, 0.25) is 0 Å². The van der Waals surface area contributed by atoms with E-state index in [1.165, 1.54) is 5.56 Å². The van der Waals surface area contributed by atoms with Crippen LogP contribution in [0.25, 0.3) is 0 Å². The number of hydrogen-bond acceptors (Lipinski definition) is 3. The van der Waals surface area contributed by atoms with E-state index >= 15 is 0 Å². The number of thiophene rings is 1. The van der Waals surface area contributed by atoms with Gasteiger partial charge in [0.15, 0.2) is 0 Å². The van der Waals surface area contributed by atoms with Crippen molar-refractivity contribution in [3.05, 3.63) is 56.2 Å². The summed E-state index contributed by atoms with van der Waals surface area (Å²) in [4.78, 5) is 14.7. The van der Waals surface area contributed by atoms with Crippen molar-refractivity contribution in [1.82, 2.24) is 10.2 Å². The second kappa shape index (κ2) is 8.34. The first-order valence-electron chi connectivity index (χ1n) is 8.08. The van der Waals surface area contributed by atoms with Gasteiger partial charge in [0.05, 0.1) is 10.0 Å². The second-order valence-electron chi connectivity index (χ2n) is 6.19. The summed E-state index contributed by atoms with van der Waals surface area (Å²) in [5.74, 6) is 0.449. The maximum Gasteiger partial charge on any atom is 0.251 e. The van der Waals surface area contributed by atoms with Crippen molar-refractivity contribution in [3.8, 4) is 0 Å². The number of hydrogen-bond donors (Lipinski definition) is 1. The van der Waals surface area contributed by atoms with Gasteiger partial charge in [-0.05, 0) is 72.4 Å². The molecule has 24 heavy (non-hydrogen) atoms. The van der Waals surface area contributed by atoms with Crippen LogP contribution in [0.4, 0.5) is 0 Å². The van der Waals surface area contributed by atoms with E-state index in [2.05, 4.69) is 27.0 Å². The Morgan fingerprint density at radius 1 is 1.21 bits per heavy atom. The molecule has 3 nitrogen and oxygen atoms in total. The number of nitrogens with one attached hydrogen (secondary N) is 1. The van der Waals surface area contributed by atoms with Gasteiger partial charge in [-0.3, -0.25) is 9.69 Å². The van der Waals surface area contributed by atoms with Gasteiger partial charge < -0.3 is 5.32 Å². The topological polar surface area (TPSA) is 32.3 Å². The number of likely N-dealkylation sites (tertiary alicyclic amines) is 1. The van der Waals surface area contributed by atoms with Crippen LogP contribution in [0.15, 0.2) is 35.0 Å². The molecule has 128 valence electrons. The Bertz CT molecular complexity index is 682. The summed E-state index contributed by atoms with van der Waals surface area (Å²) < 4.78 is 0. The third-order valence-electron chi connectivity index (χ3n) is 4.43. The first-order valence-corrected chi connectivity index (χ1v) is 9.78. The fourth-order valence-electron chi connectivity index (χ4n) is 2.97. The molecule has 1 fully saturated rings. The first-order chi connectivity index (χ1) is 11.6. The standard InChI is InChI=1S/C18H20Cl2N2OS/c19-16-2-1-15(9-17(16)20)18(23)21-10-13-3-6-22(7-4-13)11-14-5-8-24-12-14/h1-2,5,8-9,12-13H,3-4,6-7,10-11H2,(H,21,23). The zero-order valence-corrected chi connectivity index (χ0v) is 15.6. The summed E-state index contributed by atoms with van der Waals surface area (Å²) in [6.45, 7) is 3.92. The Morgan fingerprint density at radius 3 is 2.67 bits per heavy atom. The molecule has 0 saturated carbocycles. The number of benzene rings is 1. The summed E-state index contributed by atoms with van der Waals surface area (Å²) in [5, 5.41) is 8.23. The van der Waals surface area contributed by atoms with E-state index in [0.717, 1.165) is 32.5 Å². The van der Waals surface area contributed by atoms with E-state index in [9.17, 15) is 4.79 Å². The fraction of sp³-hybridized carbons (Fsp3) is 0.389. The zero-order chi connectivity index (χ0) is 16.9. The lowest BCUT2D eigenvalue weighted by atomic mass is 9.96. The zero-order valence-electron chi connectivity index (χ0n) is 13.3. The molecule has 1 aliphatic rings. The molecule has 6 heteroatoms. The summed E-state index contributed by atoms with van der Waals surface area (Å²) in [5.41, 5.74) is 1.95. The quantitative estimate of drug-likeness (QED) is 0.812. The molecule has 0 atom stereocenters. The molecule has 0 radical (unpaired) electrons. The summed E-state index contributed by atoms with van der Waals surface area (Å²) in [6, 6.07) is 7.16. The Balaban J connectivity index is 1.43. The van der Waals surface area contributed by atoms with Crippen LogP contribution >= 0.6 is 34.5 Å². The Hall–Kier alpha value is -1.07. The number of nitrogens with zero attached hydrogens (tertiary/aromatic N) is 1. The number of rotatable bonds is 5. The molecular weight excluding hydrogens is 363 g/mol. The Labute approximate surface area is 156 Å². The van der Waals surface area contributed by atoms with Crippen LogP contribution in [0.5, 0.6) is 0 Å². The smallest absolute Gasteiger partial charge is 0.251 e. The van der Waals surface area contributed by atoms with E-state index in [0.29, 0.717) is 28.1 Å². The van der Waals surface area contributed by atoms with Crippen molar-refractivity contribution < 1.29 is 4.79 Å². The molecule has 1 amide bonds. The average molecular weight is 383 g/mol. The summed E-state index contributed by atoms with van der Waals surface area (Å²) >= 11 is 13.6. The molecule has 2 heterocycles. The molecule has 1 N–H and O–H groups in total. The van der Waals surface area contributed by atoms with Gasteiger partial charge in [-0.2, -0.15) is 11.3 Å².